The summed E-state index contributed by atoms with van der Waals surface area (Å²) in [6.45, 7) is 8.01. The molecule has 2 heterocycles. The average molecular weight is 406 g/mol. The maximum absolute atomic E-state index is 12.9. The van der Waals surface area contributed by atoms with E-state index in [2.05, 4.69) is 24.1 Å². The van der Waals surface area contributed by atoms with E-state index >= 15 is 0 Å². The van der Waals surface area contributed by atoms with Crippen LogP contribution >= 0.6 is 11.3 Å². The van der Waals surface area contributed by atoms with Gasteiger partial charge in [0.1, 0.15) is 16.3 Å². The van der Waals surface area contributed by atoms with Gasteiger partial charge >= 0.3 is 5.97 Å². The molecule has 2 aromatic rings. The van der Waals surface area contributed by atoms with Gasteiger partial charge in [0.15, 0.2) is 0 Å². The summed E-state index contributed by atoms with van der Waals surface area (Å²) in [6.07, 6.45) is 4.64. The normalized spacial score (nSPS) is 22.2. The number of rotatable bonds is 5. The van der Waals surface area contributed by atoms with Gasteiger partial charge in [-0.1, -0.05) is 26.7 Å². The van der Waals surface area contributed by atoms with Gasteiger partial charge in [-0.05, 0) is 37.7 Å². The lowest BCUT2D eigenvalue weighted by molar-refractivity contribution is -0.123. The molecule has 3 rings (SSSR count). The molecule has 28 heavy (non-hydrogen) atoms. The molecule has 1 aliphatic rings. The van der Waals surface area contributed by atoms with Gasteiger partial charge in [0.05, 0.1) is 18.3 Å². The maximum Gasteiger partial charge on any atom is 0.348 e. The van der Waals surface area contributed by atoms with Crippen LogP contribution < -0.4 is 10.9 Å². The van der Waals surface area contributed by atoms with Gasteiger partial charge in [-0.3, -0.25) is 14.2 Å². The van der Waals surface area contributed by atoms with Crippen molar-refractivity contribution >= 4 is 33.4 Å². The van der Waals surface area contributed by atoms with Crippen LogP contribution in [-0.2, 0) is 16.1 Å². The Morgan fingerprint density at radius 1 is 1.36 bits per heavy atom. The summed E-state index contributed by atoms with van der Waals surface area (Å²) in [5.41, 5.74) is 0.245. The number of aryl methyl sites for hydroxylation is 1. The molecule has 152 valence electrons. The standard InChI is InChI=1S/C20H27N3O4S/c1-5-27-20(26)17-13(4)16-18(28-17)21-10-23(19(16)25)9-15(24)22-14-8-6-7-11(2)12(14)3/h10-12,14H,5-9H2,1-4H3,(H,22,24)/t11-,12-,14-/m0/s1. The molecule has 0 aliphatic heterocycles. The second kappa shape index (κ2) is 8.43. The number of nitrogens with one attached hydrogen (secondary N) is 1. The SMILES string of the molecule is CCOC(=O)c1sc2ncn(CC(=O)N[C@H]3CCC[C@H](C)[C@@H]3C)c(=O)c2c1C. The van der Waals surface area contributed by atoms with Crippen molar-refractivity contribution in [2.45, 2.75) is 59.5 Å². The third kappa shape index (κ3) is 3.97. The first-order chi connectivity index (χ1) is 13.3. The molecule has 1 aliphatic carbocycles. The van der Waals surface area contributed by atoms with Crippen molar-refractivity contribution in [1.29, 1.82) is 0 Å². The molecule has 0 aromatic carbocycles. The highest BCUT2D eigenvalue weighted by Gasteiger charge is 2.28. The van der Waals surface area contributed by atoms with E-state index in [9.17, 15) is 14.4 Å². The van der Waals surface area contributed by atoms with Crippen molar-refractivity contribution in [3.63, 3.8) is 0 Å². The number of ether oxygens (including phenoxy) is 1. The van der Waals surface area contributed by atoms with Gasteiger partial charge < -0.3 is 10.1 Å². The highest BCUT2D eigenvalue weighted by atomic mass is 32.1. The second-order valence-electron chi connectivity index (χ2n) is 7.58. The molecule has 2 aromatic heterocycles. The van der Waals surface area contributed by atoms with Crippen molar-refractivity contribution in [1.82, 2.24) is 14.9 Å². The van der Waals surface area contributed by atoms with Crippen molar-refractivity contribution in [3.8, 4) is 0 Å². The first kappa shape index (κ1) is 20.5. The average Bonchev–Trinajstić information content (AvgIpc) is 2.99. The smallest absolute Gasteiger partial charge is 0.348 e. The number of thiophene rings is 1. The molecule has 1 fully saturated rings. The van der Waals surface area contributed by atoms with E-state index in [1.54, 1.807) is 13.8 Å². The van der Waals surface area contributed by atoms with E-state index in [-0.39, 0.29) is 30.7 Å². The summed E-state index contributed by atoms with van der Waals surface area (Å²) in [7, 11) is 0. The van der Waals surface area contributed by atoms with Gasteiger partial charge in [0.2, 0.25) is 5.91 Å². The van der Waals surface area contributed by atoms with E-state index in [4.69, 9.17) is 4.74 Å². The zero-order valence-corrected chi connectivity index (χ0v) is 17.6. The number of esters is 1. The van der Waals surface area contributed by atoms with Crippen LogP contribution in [0.25, 0.3) is 10.2 Å². The van der Waals surface area contributed by atoms with Crippen molar-refractivity contribution in [3.05, 3.63) is 27.1 Å². The van der Waals surface area contributed by atoms with Crippen LogP contribution in [0.15, 0.2) is 11.1 Å². The summed E-state index contributed by atoms with van der Waals surface area (Å²) in [5.74, 6) is 0.357. The Bertz CT molecular complexity index is 949. The first-order valence-corrected chi connectivity index (χ1v) is 10.6. The fraction of sp³-hybridized carbons (Fsp3) is 0.600. The van der Waals surface area contributed by atoms with Crippen LogP contribution in [0.2, 0.25) is 0 Å². The number of aromatic nitrogens is 2. The van der Waals surface area contributed by atoms with Gasteiger partial charge in [-0.15, -0.1) is 11.3 Å². The lowest BCUT2D eigenvalue weighted by Crippen LogP contribution is -2.45. The van der Waals surface area contributed by atoms with Crippen LogP contribution in [0.5, 0.6) is 0 Å². The first-order valence-electron chi connectivity index (χ1n) is 9.78. The number of amides is 1. The Morgan fingerprint density at radius 2 is 2.11 bits per heavy atom. The third-order valence-corrected chi connectivity index (χ3v) is 6.93. The maximum atomic E-state index is 12.9. The zero-order chi connectivity index (χ0) is 20.4. The quantitative estimate of drug-likeness (QED) is 0.773. The van der Waals surface area contributed by atoms with E-state index < -0.39 is 5.97 Å². The van der Waals surface area contributed by atoms with Crippen LogP contribution in [0, 0.1) is 18.8 Å². The van der Waals surface area contributed by atoms with E-state index in [0.29, 0.717) is 32.5 Å². The fourth-order valence-electron chi connectivity index (χ4n) is 3.86. The Morgan fingerprint density at radius 3 is 2.82 bits per heavy atom. The van der Waals surface area contributed by atoms with Gasteiger partial charge in [-0.2, -0.15) is 0 Å². The molecular weight excluding hydrogens is 378 g/mol. The van der Waals surface area contributed by atoms with Crippen molar-refractivity contribution in [2.24, 2.45) is 11.8 Å². The van der Waals surface area contributed by atoms with Gasteiger partial charge in [0.25, 0.3) is 5.56 Å². The Balaban J connectivity index is 1.81. The van der Waals surface area contributed by atoms with Crippen LogP contribution in [0.4, 0.5) is 0 Å². The molecule has 0 unspecified atom stereocenters. The van der Waals surface area contributed by atoms with Gasteiger partial charge in [0, 0.05) is 6.04 Å². The Kier molecular flexibility index (Phi) is 6.17. The Hall–Kier alpha value is -2.22. The molecule has 0 radical (unpaired) electrons. The minimum atomic E-state index is -0.452. The number of hydrogen-bond acceptors (Lipinski definition) is 6. The topological polar surface area (TPSA) is 90.3 Å². The van der Waals surface area contributed by atoms with Crippen LogP contribution in [-0.4, -0.2) is 34.1 Å². The minimum Gasteiger partial charge on any atom is -0.462 e. The predicted molar refractivity (Wildman–Crippen MR) is 109 cm³/mol. The summed E-state index contributed by atoms with van der Waals surface area (Å²) in [4.78, 5) is 42.6. The van der Waals surface area contributed by atoms with Gasteiger partial charge in [-0.25, -0.2) is 9.78 Å². The van der Waals surface area contributed by atoms with Crippen LogP contribution in [0.3, 0.4) is 0 Å². The zero-order valence-electron chi connectivity index (χ0n) is 16.8. The molecule has 0 saturated heterocycles. The number of carbonyl (C=O) groups excluding carboxylic acids is 2. The van der Waals surface area contributed by atoms with E-state index in [1.165, 1.54) is 17.3 Å². The number of fused-ring (bicyclic) bond motifs is 1. The molecule has 0 spiro atoms. The number of nitrogens with zero attached hydrogens (tertiary/aromatic N) is 2. The summed E-state index contributed by atoms with van der Waals surface area (Å²) in [6, 6.07) is 0.141. The lowest BCUT2D eigenvalue weighted by Gasteiger charge is -2.34. The van der Waals surface area contributed by atoms with Crippen LogP contribution in [0.1, 0.15) is 55.3 Å². The fourth-order valence-corrected chi connectivity index (χ4v) is 4.89. The minimum absolute atomic E-state index is 0.0800. The molecule has 1 saturated carbocycles. The molecule has 0 bridgehead atoms. The van der Waals surface area contributed by atoms with E-state index in [0.717, 1.165) is 24.2 Å². The molecule has 7 nitrogen and oxygen atoms in total. The lowest BCUT2D eigenvalue weighted by atomic mass is 9.78. The summed E-state index contributed by atoms with van der Waals surface area (Å²) in [5, 5.41) is 3.46. The summed E-state index contributed by atoms with van der Waals surface area (Å²) >= 11 is 1.14. The molecule has 8 heteroatoms. The highest BCUT2D eigenvalue weighted by molar-refractivity contribution is 7.20. The Labute approximate surface area is 168 Å². The highest BCUT2D eigenvalue weighted by Crippen LogP contribution is 2.29. The van der Waals surface area contributed by atoms with Crippen molar-refractivity contribution in [2.75, 3.05) is 6.61 Å². The predicted octanol–water partition coefficient (Wildman–Crippen LogP) is 2.88. The van der Waals surface area contributed by atoms with E-state index in [1.807, 2.05) is 0 Å². The third-order valence-electron chi connectivity index (χ3n) is 5.75. The number of hydrogen-bond donors (Lipinski definition) is 1. The molecule has 1 amide bonds. The largest absolute Gasteiger partial charge is 0.462 e. The monoisotopic (exact) mass is 405 g/mol. The molecule has 3 atom stereocenters. The molecule has 1 N–H and O–H groups in total. The number of carbonyl (C=O) groups is 2. The summed E-state index contributed by atoms with van der Waals surface area (Å²) < 4.78 is 6.36. The second-order valence-corrected chi connectivity index (χ2v) is 8.57. The van der Waals surface area contributed by atoms with Crippen molar-refractivity contribution < 1.29 is 14.3 Å². The molecular formula is C20H27N3O4S.